The number of amides is 2. The molecule has 0 aliphatic heterocycles. The molecule has 3 N–H and O–H groups in total. The Kier molecular flexibility index (Phi) is 1.40. The molecule has 0 saturated carbocycles. The summed E-state index contributed by atoms with van der Waals surface area (Å²) in [7, 11) is 0. The van der Waals surface area contributed by atoms with Crippen LogP contribution < -0.4 is 16.0 Å². The van der Waals surface area contributed by atoms with E-state index in [2.05, 4.69) is 15.5 Å². The van der Waals surface area contributed by atoms with Gasteiger partial charge in [0.05, 0.1) is 0 Å². The van der Waals surface area contributed by atoms with Gasteiger partial charge in [0.1, 0.15) is 0 Å². The lowest BCUT2D eigenvalue weighted by Crippen LogP contribution is -2.31. The van der Waals surface area contributed by atoms with Crippen LogP contribution in [-0.4, -0.2) is 11.2 Å². The first-order valence-corrected chi connectivity index (χ1v) is 2.31. The molecule has 54 valence electrons. The molecule has 1 aromatic heterocycles. The number of carbonyl (C=O) groups is 1. The summed E-state index contributed by atoms with van der Waals surface area (Å²) < 4.78 is 4.01. The highest BCUT2D eigenvalue weighted by Crippen LogP contribution is 1.92. The molecule has 7 nitrogen and oxygen atoms in total. The highest BCUT2D eigenvalue weighted by Gasteiger charge is 2.07. The third-order valence-electron chi connectivity index (χ3n) is 0.744. The summed E-state index contributed by atoms with van der Waals surface area (Å²) in [5.41, 5.74) is 4.68. The van der Waals surface area contributed by atoms with Crippen LogP contribution in [0.3, 0.4) is 0 Å². The quantitative estimate of drug-likeness (QED) is 0.482. The van der Waals surface area contributed by atoms with E-state index in [4.69, 9.17) is 0 Å². The van der Waals surface area contributed by atoms with Gasteiger partial charge in [0, 0.05) is 0 Å². The van der Waals surface area contributed by atoms with Gasteiger partial charge in [0.2, 0.25) is 0 Å². The fourth-order valence-electron chi connectivity index (χ4n) is 0.412. The molecule has 0 bridgehead atoms. The predicted molar refractivity (Wildman–Crippen MR) is 28.7 cm³/mol. The number of anilines is 1. The molecule has 0 atom stereocenters. The molecule has 0 radical (unpaired) electrons. The first-order valence-electron chi connectivity index (χ1n) is 2.31. The molecule has 7 heteroatoms. The molecule has 0 fully saturated rings. The van der Waals surface area contributed by atoms with Gasteiger partial charge in [-0.2, -0.15) is 0 Å². The Morgan fingerprint density at radius 1 is 2.00 bits per heavy atom. The molecule has 2 amide bonds. The molecule has 0 aliphatic rings. The van der Waals surface area contributed by atoms with Crippen LogP contribution in [0.25, 0.3) is 0 Å². The number of hydrogen-bond donors (Lipinski definition) is 2. The summed E-state index contributed by atoms with van der Waals surface area (Å²) in [6.07, 6.45) is 1.04. The summed E-state index contributed by atoms with van der Waals surface area (Å²) in [6.45, 7) is 0. The van der Waals surface area contributed by atoms with Gasteiger partial charge in [0.25, 0.3) is 0 Å². The van der Waals surface area contributed by atoms with Crippen LogP contribution in [0.4, 0.5) is 10.6 Å². The lowest BCUT2D eigenvalue weighted by atomic mass is 10.7. The minimum absolute atomic E-state index is 0.0325. The van der Waals surface area contributed by atoms with Crippen molar-refractivity contribution in [1.29, 1.82) is 0 Å². The summed E-state index contributed by atoms with van der Waals surface area (Å²) in [4.78, 5) is 10.1. The van der Waals surface area contributed by atoms with Crippen LogP contribution in [0.15, 0.2) is 10.8 Å². The van der Waals surface area contributed by atoms with Crippen molar-refractivity contribution in [2.24, 2.45) is 5.73 Å². The van der Waals surface area contributed by atoms with Gasteiger partial charge < -0.3 is 15.6 Å². The summed E-state index contributed by atoms with van der Waals surface area (Å²) >= 11 is 0. The highest BCUT2D eigenvalue weighted by atomic mass is 16.8. The third kappa shape index (κ3) is 1.13. The zero-order chi connectivity index (χ0) is 7.56. The van der Waals surface area contributed by atoms with Gasteiger partial charge in [-0.05, 0) is 5.16 Å². The number of nitrogens with one attached hydrogen (secondary N) is 1. The van der Waals surface area contributed by atoms with Gasteiger partial charge in [-0.15, -0.1) is 0 Å². The Hall–Kier alpha value is -1.79. The van der Waals surface area contributed by atoms with E-state index < -0.39 is 6.03 Å². The molecule has 0 aromatic carbocycles. The van der Waals surface area contributed by atoms with Gasteiger partial charge in [-0.25, -0.2) is 10.1 Å². The van der Waals surface area contributed by atoms with Crippen LogP contribution in [-0.2, 0) is 0 Å². The molecule has 10 heavy (non-hydrogen) atoms. The number of rotatable bonds is 1. The van der Waals surface area contributed by atoms with Crippen molar-refractivity contribution in [3.63, 3.8) is 0 Å². The van der Waals surface area contributed by atoms with Gasteiger partial charge in [-0.3, -0.25) is 0 Å². The van der Waals surface area contributed by atoms with Crippen LogP contribution in [0, 0.1) is 5.21 Å². The number of carbonyl (C=O) groups excluding carboxylic acids is 1. The van der Waals surface area contributed by atoms with E-state index in [9.17, 15) is 10.0 Å². The molecule has 0 saturated heterocycles. The summed E-state index contributed by atoms with van der Waals surface area (Å²) in [6, 6.07) is -0.840. The second-order valence-electron chi connectivity index (χ2n) is 1.45. The maximum Gasteiger partial charge on any atom is 0.374 e. The minimum atomic E-state index is -0.840. The van der Waals surface area contributed by atoms with E-state index in [-0.39, 0.29) is 10.7 Å². The zero-order valence-corrected chi connectivity index (χ0v) is 4.77. The lowest BCUT2D eigenvalue weighted by molar-refractivity contribution is -0.790. The van der Waals surface area contributed by atoms with Crippen molar-refractivity contribution < 1.29 is 14.3 Å². The fraction of sp³-hybridized carbons (Fsp3) is 0. The SMILES string of the molecule is NC(=O)Nc1cno[n+]1[O-]. The van der Waals surface area contributed by atoms with Crippen molar-refractivity contribution in [2.75, 3.05) is 5.32 Å². The molecule has 0 aliphatic carbocycles. The van der Waals surface area contributed by atoms with E-state index >= 15 is 0 Å². The first kappa shape index (κ1) is 6.33. The van der Waals surface area contributed by atoms with Crippen molar-refractivity contribution in [3.8, 4) is 0 Å². The van der Waals surface area contributed by atoms with Crippen LogP contribution in [0.2, 0.25) is 0 Å². The van der Waals surface area contributed by atoms with E-state index in [1.165, 1.54) is 0 Å². The summed E-state index contributed by atoms with van der Waals surface area (Å²) in [5.74, 6) is -0.132. The second kappa shape index (κ2) is 2.21. The van der Waals surface area contributed by atoms with Crippen molar-refractivity contribution in [1.82, 2.24) is 5.16 Å². The predicted octanol–water partition coefficient (Wildman–Crippen LogP) is -1.20. The third-order valence-corrected chi connectivity index (χ3v) is 0.744. The van der Waals surface area contributed by atoms with Crippen LogP contribution in [0.5, 0.6) is 0 Å². The maximum atomic E-state index is 10.4. The van der Waals surface area contributed by atoms with Crippen LogP contribution in [0.1, 0.15) is 0 Å². The van der Waals surface area contributed by atoms with E-state index in [1.54, 1.807) is 0 Å². The normalized spacial score (nSPS) is 9.20. The monoisotopic (exact) mass is 144 g/mol. The number of urea groups is 1. The summed E-state index contributed by atoms with van der Waals surface area (Å²) in [5, 5.41) is 15.4. The van der Waals surface area contributed by atoms with E-state index in [0.717, 1.165) is 6.20 Å². The molecule has 1 heterocycles. The Morgan fingerprint density at radius 3 is 3.10 bits per heavy atom. The number of aromatic nitrogens is 2. The molecule has 0 spiro atoms. The maximum absolute atomic E-state index is 10.4. The van der Waals surface area contributed by atoms with Crippen molar-refractivity contribution in [3.05, 3.63) is 11.4 Å². The lowest BCUT2D eigenvalue weighted by Gasteiger charge is -1.92. The zero-order valence-electron chi connectivity index (χ0n) is 4.77. The first-order chi connectivity index (χ1) is 4.70. The largest absolute Gasteiger partial charge is 0.391 e. The van der Waals surface area contributed by atoms with Gasteiger partial charge in [-0.1, -0.05) is 4.90 Å². The standard InChI is InChI=1S/C3H4N4O3/c4-3(8)6-2-1-5-10-7(2)9/h1H,(H3,4,6,8). The average Bonchev–Trinajstić information content (AvgIpc) is 2.15. The second-order valence-corrected chi connectivity index (χ2v) is 1.45. The van der Waals surface area contributed by atoms with Gasteiger partial charge >= 0.3 is 11.8 Å². The number of hydrogen-bond acceptors (Lipinski definition) is 4. The van der Waals surface area contributed by atoms with Crippen molar-refractivity contribution >= 4 is 11.8 Å². The topological polar surface area (TPSA) is 108 Å². The molecule has 1 rings (SSSR count). The van der Waals surface area contributed by atoms with E-state index in [1.807, 2.05) is 5.32 Å². The Labute approximate surface area is 54.9 Å². The number of nitrogens with zero attached hydrogens (tertiary/aromatic N) is 2. The fourth-order valence-corrected chi connectivity index (χ4v) is 0.412. The Bertz CT molecular complexity index is 244. The minimum Gasteiger partial charge on any atom is -0.391 e. The molecule has 0 unspecified atom stereocenters. The van der Waals surface area contributed by atoms with Gasteiger partial charge in [0.15, 0.2) is 6.20 Å². The highest BCUT2D eigenvalue weighted by molar-refractivity contribution is 5.85. The Balaban J connectivity index is 2.74. The van der Waals surface area contributed by atoms with E-state index in [0.29, 0.717) is 0 Å². The average molecular weight is 144 g/mol. The number of nitrogens with two attached hydrogens (primary N) is 1. The molecule has 1 aromatic rings. The molecular formula is C3H4N4O3. The number of primary amides is 1. The van der Waals surface area contributed by atoms with Crippen LogP contribution >= 0.6 is 0 Å². The Morgan fingerprint density at radius 2 is 2.70 bits per heavy atom. The molecular weight excluding hydrogens is 140 g/mol. The smallest absolute Gasteiger partial charge is 0.374 e. The van der Waals surface area contributed by atoms with Crippen molar-refractivity contribution in [2.45, 2.75) is 0 Å².